The van der Waals surface area contributed by atoms with Crippen LogP contribution in [-0.4, -0.2) is 14.6 Å². The van der Waals surface area contributed by atoms with E-state index in [-0.39, 0.29) is 4.90 Å². The number of benzene rings is 1. The van der Waals surface area contributed by atoms with Crippen LogP contribution in [-0.2, 0) is 10.0 Å². The molecule has 0 fully saturated rings. The molecule has 0 aliphatic rings. The lowest BCUT2D eigenvalue weighted by atomic mass is 10.4. The number of nitrogens with one attached hydrogen (secondary N) is 1. The molecule has 0 amide bonds. The molecule has 0 aliphatic carbocycles. The van der Waals surface area contributed by atoms with Crippen LogP contribution in [0.3, 0.4) is 0 Å². The van der Waals surface area contributed by atoms with Gasteiger partial charge in [-0.15, -0.1) is 0 Å². The second kappa shape index (κ2) is 3.87. The summed E-state index contributed by atoms with van der Waals surface area (Å²) in [4.78, 5) is 0.229. The van der Waals surface area contributed by atoms with Crippen molar-refractivity contribution in [3.63, 3.8) is 0 Å². The van der Waals surface area contributed by atoms with E-state index in [9.17, 15) is 8.42 Å². The zero-order valence-corrected chi connectivity index (χ0v) is 8.08. The Kier molecular flexibility index (Phi) is 3.02. The van der Waals surface area contributed by atoms with Gasteiger partial charge in [0.2, 0.25) is 10.0 Å². The molecule has 1 atom stereocenters. The van der Waals surface area contributed by atoms with Crippen LogP contribution in [0.2, 0.25) is 0 Å². The first kappa shape index (κ1) is 10.2. The first-order valence-corrected chi connectivity index (χ1v) is 5.33. The highest BCUT2D eigenvalue weighted by Gasteiger charge is 2.13. The first-order valence-electron chi connectivity index (χ1n) is 3.85. The molecule has 1 unspecified atom stereocenters. The summed E-state index contributed by atoms with van der Waals surface area (Å²) in [5.74, 6) is 0. The number of hydrogen-bond donors (Lipinski definition) is 2. The van der Waals surface area contributed by atoms with Crippen molar-refractivity contribution in [2.45, 2.75) is 18.0 Å². The van der Waals surface area contributed by atoms with Gasteiger partial charge in [-0.05, 0) is 19.1 Å². The zero-order chi connectivity index (χ0) is 9.90. The summed E-state index contributed by atoms with van der Waals surface area (Å²) in [5.41, 5.74) is 5.33. The summed E-state index contributed by atoms with van der Waals surface area (Å²) < 4.78 is 25.2. The lowest BCUT2D eigenvalue weighted by molar-refractivity contribution is 0.565. The van der Waals surface area contributed by atoms with Crippen molar-refractivity contribution >= 4 is 10.0 Å². The van der Waals surface area contributed by atoms with Crippen molar-refractivity contribution in [1.82, 2.24) is 4.72 Å². The fourth-order valence-corrected chi connectivity index (χ4v) is 2.05. The van der Waals surface area contributed by atoms with Crippen molar-refractivity contribution in [1.29, 1.82) is 0 Å². The Morgan fingerprint density at radius 2 is 1.85 bits per heavy atom. The Labute approximate surface area is 77.8 Å². The summed E-state index contributed by atoms with van der Waals surface area (Å²) in [5, 5.41) is 0. The lowest BCUT2D eigenvalue weighted by Crippen LogP contribution is -2.38. The van der Waals surface area contributed by atoms with Gasteiger partial charge in [0.05, 0.1) is 11.1 Å². The summed E-state index contributed by atoms with van der Waals surface area (Å²) in [6.45, 7) is 1.57. The average molecular weight is 200 g/mol. The molecule has 72 valence electrons. The first-order chi connectivity index (χ1) is 6.02. The smallest absolute Gasteiger partial charge is 0.241 e. The van der Waals surface area contributed by atoms with Crippen LogP contribution in [0.25, 0.3) is 0 Å². The second-order valence-corrected chi connectivity index (χ2v) is 4.44. The molecule has 13 heavy (non-hydrogen) atoms. The summed E-state index contributed by atoms with van der Waals surface area (Å²) >= 11 is 0. The van der Waals surface area contributed by atoms with E-state index in [2.05, 4.69) is 4.72 Å². The van der Waals surface area contributed by atoms with Crippen molar-refractivity contribution < 1.29 is 8.42 Å². The molecule has 5 heteroatoms. The molecule has 0 aliphatic heterocycles. The highest BCUT2D eigenvalue weighted by atomic mass is 32.2. The fraction of sp³-hybridized carbons (Fsp3) is 0.250. The third-order valence-corrected chi connectivity index (χ3v) is 2.97. The predicted molar refractivity (Wildman–Crippen MR) is 50.4 cm³/mol. The Bertz CT molecular complexity index is 359. The van der Waals surface area contributed by atoms with Gasteiger partial charge in [0.25, 0.3) is 0 Å². The summed E-state index contributed by atoms with van der Waals surface area (Å²) in [6, 6.07) is 8.12. The van der Waals surface area contributed by atoms with E-state index >= 15 is 0 Å². The Morgan fingerprint density at radius 1 is 1.31 bits per heavy atom. The zero-order valence-electron chi connectivity index (χ0n) is 7.27. The molecule has 1 aromatic rings. The average Bonchev–Trinajstić information content (AvgIpc) is 2.04. The van der Waals surface area contributed by atoms with Crippen molar-refractivity contribution in [3.8, 4) is 0 Å². The molecular formula is C8H12N2O2S. The van der Waals surface area contributed by atoms with E-state index in [0.717, 1.165) is 0 Å². The largest absolute Gasteiger partial charge is 0.315 e. The van der Waals surface area contributed by atoms with Gasteiger partial charge in [-0.3, -0.25) is 0 Å². The molecule has 0 heterocycles. The molecule has 0 spiro atoms. The SMILES string of the molecule is CC(N)NS(=O)(=O)c1ccccc1. The van der Waals surface area contributed by atoms with E-state index in [1.54, 1.807) is 25.1 Å². The molecule has 3 N–H and O–H groups in total. The minimum Gasteiger partial charge on any atom is -0.315 e. The van der Waals surface area contributed by atoms with Crippen molar-refractivity contribution in [2.75, 3.05) is 0 Å². The third kappa shape index (κ3) is 2.80. The Hall–Kier alpha value is -0.910. The monoisotopic (exact) mass is 200 g/mol. The molecule has 4 nitrogen and oxygen atoms in total. The fourth-order valence-electron chi connectivity index (χ4n) is 0.912. The third-order valence-electron chi connectivity index (χ3n) is 1.39. The van der Waals surface area contributed by atoms with Crippen LogP contribution in [0.1, 0.15) is 6.92 Å². The topological polar surface area (TPSA) is 72.2 Å². The van der Waals surface area contributed by atoms with Gasteiger partial charge < -0.3 is 5.73 Å². The maximum Gasteiger partial charge on any atom is 0.241 e. The van der Waals surface area contributed by atoms with E-state index < -0.39 is 16.2 Å². The Morgan fingerprint density at radius 3 is 2.31 bits per heavy atom. The summed E-state index contributed by atoms with van der Waals surface area (Å²) in [6.07, 6.45) is -0.579. The molecule has 0 radical (unpaired) electrons. The van der Waals surface area contributed by atoms with Crippen LogP contribution in [0.5, 0.6) is 0 Å². The van der Waals surface area contributed by atoms with E-state index in [0.29, 0.717) is 0 Å². The molecule has 0 saturated heterocycles. The minimum absolute atomic E-state index is 0.229. The van der Waals surface area contributed by atoms with Crippen LogP contribution in [0.4, 0.5) is 0 Å². The molecule has 0 saturated carbocycles. The lowest BCUT2D eigenvalue weighted by Gasteiger charge is -2.08. The number of rotatable bonds is 3. The van der Waals surface area contributed by atoms with E-state index in [4.69, 9.17) is 5.73 Å². The van der Waals surface area contributed by atoms with Crippen LogP contribution in [0.15, 0.2) is 35.2 Å². The second-order valence-electron chi connectivity index (χ2n) is 2.72. The number of sulfonamides is 1. The number of hydrogen-bond acceptors (Lipinski definition) is 3. The van der Waals surface area contributed by atoms with Gasteiger partial charge in [0.15, 0.2) is 0 Å². The predicted octanol–water partition coefficient (Wildman–Crippen LogP) is 0.270. The highest BCUT2D eigenvalue weighted by Crippen LogP contribution is 2.06. The van der Waals surface area contributed by atoms with E-state index in [1.165, 1.54) is 12.1 Å². The number of nitrogens with two attached hydrogens (primary N) is 1. The molecule has 1 aromatic carbocycles. The normalized spacial score (nSPS) is 14.0. The van der Waals surface area contributed by atoms with Gasteiger partial charge in [-0.25, -0.2) is 8.42 Å². The van der Waals surface area contributed by atoms with Gasteiger partial charge in [-0.2, -0.15) is 4.72 Å². The van der Waals surface area contributed by atoms with Gasteiger partial charge >= 0.3 is 0 Å². The maximum absolute atomic E-state index is 11.5. The molecule has 1 rings (SSSR count). The standard InChI is InChI=1S/C8H12N2O2S/c1-7(9)10-13(11,12)8-5-3-2-4-6-8/h2-7,10H,9H2,1H3. The van der Waals surface area contributed by atoms with Crippen molar-refractivity contribution in [3.05, 3.63) is 30.3 Å². The minimum atomic E-state index is -3.43. The van der Waals surface area contributed by atoms with Crippen molar-refractivity contribution in [2.24, 2.45) is 5.73 Å². The Balaban J connectivity index is 2.96. The van der Waals surface area contributed by atoms with Gasteiger partial charge in [-0.1, -0.05) is 18.2 Å². The highest BCUT2D eigenvalue weighted by molar-refractivity contribution is 7.89. The molecule has 0 aromatic heterocycles. The van der Waals surface area contributed by atoms with Crippen LogP contribution < -0.4 is 10.5 Å². The van der Waals surface area contributed by atoms with E-state index in [1.807, 2.05) is 0 Å². The van der Waals surface area contributed by atoms with Gasteiger partial charge in [0, 0.05) is 0 Å². The molecule has 0 bridgehead atoms. The molecular weight excluding hydrogens is 188 g/mol. The quantitative estimate of drug-likeness (QED) is 0.688. The van der Waals surface area contributed by atoms with Crippen LogP contribution in [0, 0.1) is 0 Å². The summed E-state index contributed by atoms with van der Waals surface area (Å²) in [7, 11) is -3.43. The van der Waals surface area contributed by atoms with Crippen LogP contribution >= 0.6 is 0 Å². The van der Waals surface area contributed by atoms with Gasteiger partial charge in [0.1, 0.15) is 0 Å². The maximum atomic E-state index is 11.5.